The molecule has 0 saturated heterocycles. The first-order valence-corrected chi connectivity index (χ1v) is 8.52. The Morgan fingerprint density at radius 2 is 2.22 bits per heavy atom. The minimum Gasteiger partial charge on any atom is -0.315 e. The molecule has 18 heavy (non-hydrogen) atoms. The molecule has 2 rings (SSSR count). The lowest BCUT2D eigenvalue weighted by Crippen LogP contribution is -2.24. The molecule has 0 aliphatic rings. The van der Waals surface area contributed by atoms with Crippen LogP contribution in [0.2, 0.25) is 0 Å². The minimum atomic E-state index is -3.46. The zero-order valence-electron chi connectivity index (χ0n) is 9.71. The lowest BCUT2D eigenvalue weighted by atomic mass is 10.5. The molecular weight excluding hydrogens is 290 g/mol. The van der Waals surface area contributed by atoms with E-state index < -0.39 is 10.0 Å². The summed E-state index contributed by atoms with van der Waals surface area (Å²) >= 11 is 2.87. The molecule has 0 aromatic carbocycles. The van der Waals surface area contributed by atoms with Crippen LogP contribution in [0.15, 0.2) is 27.2 Å². The van der Waals surface area contributed by atoms with E-state index >= 15 is 0 Å². The minimum absolute atomic E-state index is 0.223. The standard InChI is InChI=1S/C10H13N3O2S3/c1-11-5-9-10(2-3-17-9)18(14,15)13-4-8-6-16-7-12-8/h2-3,6-7,11,13H,4-5H2,1H3. The van der Waals surface area contributed by atoms with E-state index in [1.807, 2.05) is 5.38 Å². The van der Waals surface area contributed by atoms with Crippen LogP contribution in [-0.2, 0) is 23.1 Å². The molecule has 5 nitrogen and oxygen atoms in total. The van der Waals surface area contributed by atoms with Gasteiger partial charge in [0.2, 0.25) is 10.0 Å². The quantitative estimate of drug-likeness (QED) is 0.846. The maximum atomic E-state index is 12.1. The summed E-state index contributed by atoms with van der Waals surface area (Å²) in [6.07, 6.45) is 0. The third kappa shape index (κ3) is 3.15. The highest BCUT2D eigenvalue weighted by molar-refractivity contribution is 7.89. The molecule has 0 saturated carbocycles. The van der Waals surface area contributed by atoms with E-state index in [4.69, 9.17) is 0 Å². The second-order valence-corrected chi connectivity index (χ2v) is 7.00. The number of nitrogens with one attached hydrogen (secondary N) is 2. The Labute approximate surface area is 114 Å². The topological polar surface area (TPSA) is 71.1 Å². The van der Waals surface area contributed by atoms with Gasteiger partial charge in [-0.1, -0.05) is 0 Å². The van der Waals surface area contributed by atoms with Crippen molar-refractivity contribution in [3.05, 3.63) is 32.9 Å². The van der Waals surface area contributed by atoms with Crippen LogP contribution < -0.4 is 10.0 Å². The van der Waals surface area contributed by atoms with Crippen molar-refractivity contribution < 1.29 is 8.42 Å². The number of hydrogen-bond donors (Lipinski definition) is 2. The van der Waals surface area contributed by atoms with Crippen molar-refractivity contribution in [3.63, 3.8) is 0 Å². The van der Waals surface area contributed by atoms with E-state index in [9.17, 15) is 8.42 Å². The van der Waals surface area contributed by atoms with Crippen LogP contribution in [0.4, 0.5) is 0 Å². The summed E-state index contributed by atoms with van der Waals surface area (Å²) < 4.78 is 26.8. The Bertz CT molecular complexity index is 590. The fourth-order valence-electron chi connectivity index (χ4n) is 1.43. The normalized spacial score (nSPS) is 11.8. The molecule has 0 radical (unpaired) electrons. The molecule has 2 N–H and O–H groups in total. The number of thiophene rings is 1. The van der Waals surface area contributed by atoms with Gasteiger partial charge in [-0.05, 0) is 18.5 Å². The maximum Gasteiger partial charge on any atom is 0.242 e. The van der Waals surface area contributed by atoms with Crippen molar-refractivity contribution in [2.24, 2.45) is 0 Å². The van der Waals surface area contributed by atoms with Crippen LogP contribution in [0.1, 0.15) is 10.6 Å². The molecule has 2 heterocycles. The van der Waals surface area contributed by atoms with E-state index in [0.717, 1.165) is 10.6 Å². The van der Waals surface area contributed by atoms with Crippen LogP contribution in [0.25, 0.3) is 0 Å². The first-order valence-electron chi connectivity index (χ1n) is 5.21. The van der Waals surface area contributed by atoms with Gasteiger partial charge in [-0.15, -0.1) is 22.7 Å². The van der Waals surface area contributed by atoms with Crippen molar-refractivity contribution in [3.8, 4) is 0 Å². The predicted octanol–water partition coefficient (Wildman–Crippen LogP) is 1.40. The maximum absolute atomic E-state index is 12.1. The highest BCUT2D eigenvalue weighted by Gasteiger charge is 2.19. The smallest absolute Gasteiger partial charge is 0.242 e. The van der Waals surface area contributed by atoms with E-state index in [0.29, 0.717) is 11.4 Å². The van der Waals surface area contributed by atoms with Crippen molar-refractivity contribution in [1.29, 1.82) is 0 Å². The fraction of sp³-hybridized carbons (Fsp3) is 0.300. The lowest BCUT2D eigenvalue weighted by molar-refractivity contribution is 0.579. The molecular formula is C10H13N3O2S3. The molecule has 0 unspecified atom stereocenters. The Morgan fingerprint density at radius 3 is 2.89 bits per heavy atom. The molecule has 0 fully saturated rings. The van der Waals surface area contributed by atoms with Gasteiger partial charge in [0.1, 0.15) is 0 Å². The van der Waals surface area contributed by atoms with E-state index in [-0.39, 0.29) is 6.54 Å². The molecule has 2 aromatic heterocycles. The Morgan fingerprint density at radius 1 is 1.39 bits per heavy atom. The molecule has 8 heteroatoms. The molecule has 0 amide bonds. The predicted molar refractivity (Wildman–Crippen MR) is 73.2 cm³/mol. The zero-order valence-corrected chi connectivity index (χ0v) is 12.2. The third-order valence-corrected chi connectivity index (χ3v) is 5.43. The molecule has 0 atom stereocenters. The van der Waals surface area contributed by atoms with Crippen LogP contribution in [0.3, 0.4) is 0 Å². The van der Waals surface area contributed by atoms with Gasteiger partial charge in [-0.3, -0.25) is 0 Å². The molecule has 0 spiro atoms. The molecule has 0 aliphatic carbocycles. The van der Waals surface area contributed by atoms with Gasteiger partial charge in [0.15, 0.2) is 0 Å². The number of hydrogen-bond acceptors (Lipinski definition) is 6. The van der Waals surface area contributed by atoms with Crippen molar-refractivity contribution in [2.75, 3.05) is 7.05 Å². The summed E-state index contributed by atoms with van der Waals surface area (Å²) in [4.78, 5) is 5.19. The van der Waals surface area contributed by atoms with Gasteiger partial charge in [0.25, 0.3) is 0 Å². The van der Waals surface area contributed by atoms with Crippen LogP contribution in [0.5, 0.6) is 0 Å². The molecule has 0 aliphatic heterocycles. The van der Waals surface area contributed by atoms with Crippen LogP contribution in [0, 0.1) is 0 Å². The Kier molecular flexibility index (Phi) is 4.46. The van der Waals surface area contributed by atoms with Gasteiger partial charge in [-0.25, -0.2) is 18.1 Å². The SMILES string of the molecule is CNCc1sccc1S(=O)(=O)NCc1cscn1. The lowest BCUT2D eigenvalue weighted by Gasteiger charge is -2.06. The number of aromatic nitrogens is 1. The monoisotopic (exact) mass is 303 g/mol. The highest BCUT2D eigenvalue weighted by atomic mass is 32.2. The fourth-order valence-corrected chi connectivity index (χ4v) is 4.44. The Balaban J connectivity index is 2.12. The van der Waals surface area contributed by atoms with E-state index in [1.54, 1.807) is 24.0 Å². The van der Waals surface area contributed by atoms with Crippen molar-refractivity contribution >= 4 is 32.7 Å². The number of thiazole rings is 1. The van der Waals surface area contributed by atoms with Gasteiger partial charge >= 0.3 is 0 Å². The second-order valence-electron chi connectivity index (χ2n) is 3.54. The summed E-state index contributed by atoms with van der Waals surface area (Å²) in [6, 6.07) is 1.63. The molecule has 2 aromatic rings. The van der Waals surface area contributed by atoms with E-state index in [2.05, 4.69) is 15.0 Å². The highest BCUT2D eigenvalue weighted by Crippen LogP contribution is 2.21. The van der Waals surface area contributed by atoms with Crippen LogP contribution in [-0.4, -0.2) is 20.4 Å². The van der Waals surface area contributed by atoms with Gasteiger partial charge in [0, 0.05) is 16.8 Å². The summed E-state index contributed by atoms with van der Waals surface area (Å²) in [5.74, 6) is 0. The summed E-state index contributed by atoms with van der Waals surface area (Å²) in [6.45, 7) is 0.769. The van der Waals surface area contributed by atoms with Gasteiger partial charge in [0.05, 0.1) is 22.6 Å². The molecule has 0 bridgehead atoms. The van der Waals surface area contributed by atoms with Crippen molar-refractivity contribution in [1.82, 2.24) is 15.0 Å². The second kappa shape index (κ2) is 5.89. The van der Waals surface area contributed by atoms with Crippen molar-refractivity contribution in [2.45, 2.75) is 18.0 Å². The summed E-state index contributed by atoms with van der Waals surface area (Å²) in [5.41, 5.74) is 2.41. The van der Waals surface area contributed by atoms with Gasteiger partial charge in [-0.2, -0.15) is 0 Å². The number of sulfonamides is 1. The average Bonchev–Trinajstić information content (AvgIpc) is 2.97. The number of nitrogens with zero attached hydrogens (tertiary/aromatic N) is 1. The van der Waals surface area contributed by atoms with Gasteiger partial charge < -0.3 is 5.32 Å². The van der Waals surface area contributed by atoms with Crippen LogP contribution >= 0.6 is 22.7 Å². The van der Waals surface area contributed by atoms with E-state index in [1.165, 1.54) is 22.7 Å². The first kappa shape index (κ1) is 13.6. The Hall–Kier alpha value is -0.800. The largest absolute Gasteiger partial charge is 0.315 e. The summed E-state index contributed by atoms with van der Waals surface area (Å²) in [5, 5.41) is 6.57. The molecule has 98 valence electrons. The summed E-state index contributed by atoms with van der Waals surface area (Å²) in [7, 11) is -1.67. The average molecular weight is 303 g/mol. The zero-order chi connectivity index (χ0) is 13.0. The third-order valence-electron chi connectivity index (χ3n) is 2.26. The number of rotatable bonds is 6. The first-order chi connectivity index (χ1) is 8.63.